The van der Waals surface area contributed by atoms with Gasteiger partial charge in [-0.1, -0.05) is 20.3 Å². The summed E-state index contributed by atoms with van der Waals surface area (Å²) >= 11 is 1.59. The average molecular weight is 303 g/mol. The highest BCUT2D eigenvalue weighted by Gasteiger charge is 2.29. The van der Waals surface area contributed by atoms with Crippen LogP contribution in [0.2, 0.25) is 0 Å². The van der Waals surface area contributed by atoms with E-state index in [4.69, 9.17) is 0 Å². The zero-order valence-corrected chi connectivity index (χ0v) is 13.5. The van der Waals surface area contributed by atoms with Gasteiger partial charge < -0.3 is 10.4 Å². The van der Waals surface area contributed by atoms with E-state index in [2.05, 4.69) is 5.32 Å². The Morgan fingerprint density at radius 3 is 2.30 bits per heavy atom. The van der Waals surface area contributed by atoms with Crippen LogP contribution in [0.25, 0.3) is 0 Å². The number of hydrogen-bond acceptors (Lipinski definition) is 4. The Morgan fingerprint density at radius 1 is 1.30 bits per heavy atom. The number of carboxylic acid groups (broad SMARTS) is 1. The Balaban J connectivity index is 4.77. The Hall–Kier alpha value is -1.04. The lowest BCUT2D eigenvalue weighted by atomic mass is 9.86. The van der Waals surface area contributed by atoms with Gasteiger partial charge in [0.25, 0.3) is 0 Å². The van der Waals surface area contributed by atoms with Crippen LogP contribution in [-0.2, 0) is 14.4 Å². The van der Waals surface area contributed by atoms with Crippen LogP contribution in [-0.4, -0.2) is 40.8 Å². The molecular formula is C14H25NO4S. The van der Waals surface area contributed by atoms with Gasteiger partial charge in [0, 0.05) is 13.3 Å². The van der Waals surface area contributed by atoms with E-state index in [1.54, 1.807) is 11.8 Å². The van der Waals surface area contributed by atoms with Crippen molar-refractivity contribution in [2.24, 2.45) is 11.8 Å². The van der Waals surface area contributed by atoms with E-state index in [0.29, 0.717) is 12.8 Å². The van der Waals surface area contributed by atoms with Crippen molar-refractivity contribution in [3.8, 4) is 0 Å². The maximum atomic E-state index is 12.2. The van der Waals surface area contributed by atoms with Gasteiger partial charge in [-0.05, 0) is 24.3 Å². The SMILES string of the molecule is CC[C@H](C)[C@H](CC(=O)[C@H](CCSC)NC(C)=O)C(=O)O. The number of carboxylic acids is 1. The van der Waals surface area contributed by atoms with Crippen molar-refractivity contribution in [3.63, 3.8) is 0 Å². The van der Waals surface area contributed by atoms with Crippen LogP contribution >= 0.6 is 11.8 Å². The second kappa shape index (κ2) is 9.80. The lowest BCUT2D eigenvalue weighted by Gasteiger charge is -2.22. The van der Waals surface area contributed by atoms with Gasteiger partial charge in [-0.15, -0.1) is 0 Å². The molecule has 0 heterocycles. The largest absolute Gasteiger partial charge is 0.481 e. The predicted octanol–water partition coefficient (Wildman–Crippen LogP) is 1.95. The van der Waals surface area contributed by atoms with Crippen molar-refractivity contribution >= 4 is 29.4 Å². The summed E-state index contributed by atoms with van der Waals surface area (Å²) in [7, 11) is 0. The molecule has 5 nitrogen and oxygen atoms in total. The van der Waals surface area contributed by atoms with Gasteiger partial charge >= 0.3 is 5.97 Å². The minimum Gasteiger partial charge on any atom is -0.481 e. The van der Waals surface area contributed by atoms with Crippen LogP contribution < -0.4 is 5.32 Å². The molecule has 3 atom stereocenters. The van der Waals surface area contributed by atoms with E-state index in [1.807, 2.05) is 20.1 Å². The Bertz CT molecular complexity index is 346. The molecule has 2 N–H and O–H groups in total. The van der Waals surface area contributed by atoms with E-state index in [-0.39, 0.29) is 24.0 Å². The number of amides is 1. The second-order valence-corrected chi connectivity index (χ2v) is 6.02. The summed E-state index contributed by atoms with van der Waals surface area (Å²) in [4.78, 5) is 34.6. The van der Waals surface area contributed by atoms with Crippen LogP contribution in [0, 0.1) is 11.8 Å². The van der Waals surface area contributed by atoms with Crippen LogP contribution in [0.1, 0.15) is 40.0 Å². The first kappa shape index (κ1) is 19.0. The zero-order chi connectivity index (χ0) is 15.7. The number of ketones is 1. The number of aliphatic carboxylic acids is 1. The molecule has 0 saturated carbocycles. The van der Waals surface area contributed by atoms with Crippen molar-refractivity contribution in [1.82, 2.24) is 5.32 Å². The third kappa shape index (κ3) is 6.93. The molecule has 0 aromatic heterocycles. The molecule has 0 saturated heterocycles. The maximum absolute atomic E-state index is 12.2. The summed E-state index contributed by atoms with van der Waals surface area (Å²) in [6.45, 7) is 5.11. The van der Waals surface area contributed by atoms with Crippen LogP contribution in [0.5, 0.6) is 0 Å². The van der Waals surface area contributed by atoms with Crippen molar-refractivity contribution < 1.29 is 19.5 Å². The number of nitrogens with one attached hydrogen (secondary N) is 1. The quantitative estimate of drug-likeness (QED) is 0.644. The van der Waals surface area contributed by atoms with E-state index < -0.39 is 17.9 Å². The van der Waals surface area contributed by atoms with Crippen LogP contribution in [0.3, 0.4) is 0 Å². The van der Waals surface area contributed by atoms with Gasteiger partial charge in [0.05, 0.1) is 12.0 Å². The van der Waals surface area contributed by atoms with Gasteiger partial charge in [-0.2, -0.15) is 11.8 Å². The first-order valence-corrected chi connectivity index (χ1v) is 8.24. The number of Topliss-reactive ketones (excluding diaryl/α,β-unsaturated/α-hetero) is 1. The molecule has 0 aliphatic rings. The summed E-state index contributed by atoms with van der Waals surface area (Å²) < 4.78 is 0. The highest BCUT2D eigenvalue weighted by molar-refractivity contribution is 7.98. The number of hydrogen-bond donors (Lipinski definition) is 2. The van der Waals surface area contributed by atoms with Crippen molar-refractivity contribution in [1.29, 1.82) is 0 Å². The van der Waals surface area contributed by atoms with E-state index in [1.165, 1.54) is 6.92 Å². The van der Waals surface area contributed by atoms with Gasteiger partial charge in [0.1, 0.15) is 0 Å². The minimum atomic E-state index is -0.945. The average Bonchev–Trinajstić information content (AvgIpc) is 2.38. The Morgan fingerprint density at radius 2 is 1.90 bits per heavy atom. The highest BCUT2D eigenvalue weighted by Crippen LogP contribution is 2.21. The molecule has 0 bridgehead atoms. The Labute approximate surface area is 124 Å². The fraction of sp³-hybridized carbons (Fsp3) is 0.786. The van der Waals surface area contributed by atoms with Crippen molar-refractivity contribution in [3.05, 3.63) is 0 Å². The number of carbonyl (C=O) groups excluding carboxylic acids is 2. The normalized spacial score (nSPS) is 15.2. The zero-order valence-electron chi connectivity index (χ0n) is 12.6. The molecule has 1 amide bonds. The smallest absolute Gasteiger partial charge is 0.307 e. The molecule has 0 aromatic carbocycles. The van der Waals surface area contributed by atoms with Gasteiger partial charge in [0.15, 0.2) is 5.78 Å². The molecular weight excluding hydrogens is 278 g/mol. The fourth-order valence-corrected chi connectivity index (χ4v) is 2.44. The minimum absolute atomic E-state index is 0.0241. The Kier molecular flexibility index (Phi) is 9.29. The number of thioether (sulfide) groups is 1. The molecule has 0 aliphatic carbocycles. The molecule has 0 unspecified atom stereocenters. The third-order valence-corrected chi connectivity index (χ3v) is 4.09. The van der Waals surface area contributed by atoms with Crippen LogP contribution in [0.4, 0.5) is 0 Å². The van der Waals surface area contributed by atoms with Gasteiger partial charge in [-0.25, -0.2) is 0 Å². The summed E-state index contributed by atoms with van der Waals surface area (Å²) in [5.74, 6) is -1.40. The number of rotatable bonds is 10. The standard InChI is InChI=1S/C14H25NO4S/c1-5-9(2)11(14(18)19)8-13(17)12(6-7-20-4)15-10(3)16/h9,11-12H,5-8H2,1-4H3,(H,15,16)(H,18,19)/t9-,11-,12-/m0/s1. The molecule has 0 aromatic rings. The molecule has 116 valence electrons. The van der Waals surface area contributed by atoms with Crippen molar-refractivity contribution in [2.75, 3.05) is 12.0 Å². The topological polar surface area (TPSA) is 83.5 Å². The number of carbonyl (C=O) groups is 3. The molecule has 6 heteroatoms. The fourth-order valence-electron chi connectivity index (χ4n) is 1.97. The molecule has 0 spiro atoms. The predicted molar refractivity (Wildman–Crippen MR) is 80.8 cm³/mol. The molecule has 0 rings (SSSR count). The highest BCUT2D eigenvalue weighted by atomic mass is 32.2. The molecule has 0 aliphatic heterocycles. The first-order valence-electron chi connectivity index (χ1n) is 6.85. The van der Waals surface area contributed by atoms with Gasteiger partial charge in [-0.3, -0.25) is 14.4 Å². The van der Waals surface area contributed by atoms with Crippen LogP contribution in [0.15, 0.2) is 0 Å². The summed E-state index contributed by atoms with van der Waals surface area (Å²) in [6, 6.07) is -0.578. The lowest BCUT2D eigenvalue weighted by molar-refractivity contribution is -0.146. The van der Waals surface area contributed by atoms with E-state index in [9.17, 15) is 19.5 Å². The molecule has 20 heavy (non-hydrogen) atoms. The first-order chi connectivity index (χ1) is 9.33. The summed E-state index contributed by atoms with van der Waals surface area (Å²) in [5.41, 5.74) is 0. The molecule has 0 fully saturated rings. The third-order valence-electron chi connectivity index (χ3n) is 3.45. The van der Waals surface area contributed by atoms with Crippen molar-refractivity contribution in [2.45, 2.75) is 46.1 Å². The van der Waals surface area contributed by atoms with E-state index >= 15 is 0 Å². The van der Waals surface area contributed by atoms with Gasteiger partial charge in [0.2, 0.25) is 5.91 Å². The van der Waals surface area contributed by atoms with E-state index in [0.717, 1.165) is 5.75 Å². The summed E-state index contributed by atoms with van der Waals surface area (Å²) in [5, 5.41) is 11.8. The monoisotopic (exact) mass is 303 g/mol. The maximum Gasteiger partial charge on any atom is 0.307 e. The summed E-state index contributed by atoms with van der Waals surface area (Å²) in [6.07, 6.45) is 3.14. The molecule has 0 radical (unpaired) electrons. The second-order valence-electron chi connectivity index (χ2n) is 5.04. The lowest BCUT2D eigenvalue weighted by Crippen LogP contribution is -2.42.